The maximum atomic E-state index is 11.3. The highest BCUT2D eigenvalue weighted by Crippen LogP contribution is 2.16. The zero-order chi connectivity index (χ0) is 13.7. The molecule has 0 amide bonds. The number of nitrogens with zero attached hydrogens (tertiary/aromatic N) is 1. The first-order chi connectivity index (χ1) is 9.19. The van der Waals surface area contributed by atoms with Crippen molar-refractivity contribution < 1.29 is 9.53 Å². The average Bonchev–Trinajstić information content (AvgIpc) is 2.84. The number of thiazole rings is 1. The molecule has 0 radical (unpaired) electrons. The molecule has 0 saturated carbocycles. The number of rotatable bonds is 5. The summed E-state index contributed by atoms with van der Waals surface area (Å²) in [6.07, 6.45) is 2.75. The number of hydrogen-bond donors (Lipinski definition) is 1. The highest BCUT2D eigenvalue weighted by atomic mass is 32.1. The van der Waals surface area contributed by atoms with Crippen LogP contribution in [0.5, 0.6) is 0 Å². The summed E-state index contributed by atoms with van der Waals surface area (Å²) in [6.45, 7) is 2.86. The van der Waals surface area contributed by atoms with Gasteiger partial charge < -0.3 is 10.1 Å². The quantitative estimate of drug-likeness (QED) is 0.853. The van der Waals surface area contributed by atoms with Gasteiger partial charge in [-0.15, -0.1) is 11.3 Å². The lowest BCUT2D eigenvalue weighted by atomic mass is 10.1. The van der Waals surface area contributed by atoms with Crippen LogP contribution >= 0.6 is 11.3 Å². The van der Waals surface area contributed by atoms with E-state index < -0.39 is 0 Å². The molecular weight excluding hydrogens is 260 g/mol. The van der Waals surface area contributed by atoms with Crippen LogP contribution in [-0.2, 0) is 11.2 Å². The summed E-state index contributed by atoms with van der Waals surface area (Å²) in [5.41, 5.74) is 1.75. The molecule has 5 heteroatoms. The summed E-state index contributed by atoms with van der Waals surface area (Å²) in [5, 5.41) is 4.23. The lowest BCUT2D eigenvalue weighted by Crippen LogP contribution is -2.05. The standard InChI is InChI=1S/C14H16N2O2S/c1-10-9-16-14(19-10)15-8-7-11-3-5-12(6-4-11)13(17)18-2/h3-6,9H,7-8H2,1-2H3,(H,15,16). The van der Waals surface area contributed by atoms with Gasteiger partial charge in [0.15, 0.2) is 5.13 Å². The minimum absolute atomic E-state index is 0.303. The minimum Gasteiger partial charge on any atom is -0.465 e. The summed E-state index contributed by atoms with van der Waals surface area (Å²) in [6, 6.07) is 7.46. The largest absolute Gasteiger partial charge is 0.465 e. The smallest absolute Gasteiger partial charge is 0.337 e. The summed E-state index contributed by atoms with van der Waals surface area (Å²) >= 11 is 1.65. The van der Waals surface area contributed by atoms with Gasteiger partial charge in [-0.3, -0.25) is 0 Å². The first-order valence-corrected chi connectivity index (χ1v) is 6.84. The Morgan fingerprint density at radius 3 is 2.68 bits per heavy atom. The third kappa shape index (κ3) is 3.79. The average molecular weight is 276 g/mol. The van der Waals surface area contributed by atoms with Crippen molar-refractivity contribution in [3.05, 3.63) is 46.5 Å². The molecule has 19 heavy (non-hydrogen) atoms. The number of methoxy groups -OCH3 is 1. The molecule has 0 spiro atoms. The summed E-state index contributed by atoms with van der Waals surface area (Å²) in [7, 11) is 1.39. The van der Waals surface area contributed by atoms with E-state index in [2.05, 4.69) is 15.0 Å². The van der Waals surface area contributed by atoms with Crippen LogP contribution in [0.1, 0.15) is 20.8 Å². The molecule has 0 aliphatic heterocycles. The van der Waals surface area contributed by atoms with Gasteiger partial charge in [0.25, 0.3) is 0 Å². The summed E-state index contributed by atoms with van der Waals surface area (Å²) < 4.78 is 4.66. The molecule has 1 aromatic carbocycles. The number of aromatic nitrogens is 1. The van der Waals surface area contributed by atoms with Crippen LogP contribution < -0.4 is 5.32 Å². The van der Waals surface area contributed by atoms with Crippen LogP contribution in [-0.4, -0.2) is 24.6 Å². The van der Waals surface area contributed by atoms with Crippen molar-refractivity contribution in [3.8, 4) is 0 Å². The molecule has 2 aromatic rings. The van der Waals surface area contributed by atoms with Crippen LogP contribution in [0, 0.1) is 6.92 Å². The molecule has 0 fully saturated rings. The van der Waals surface area contributed by atoms with Gasteiger partial charge in [-0.25, -0.2) is 9.78 Å². The Morgan fingerprint density at radius 1 is 1.37 bits per heavy atom. The summed E-state index contributed by atoms with van der Waals surface area (Å²) in [5.74, 6) is -0.303. The Bertz CT molecular complexity index is 549. The van der Waals surface area contributed by atoms with Crippen molar-refractivity contribution in [2.24, 2.45) is 0 Å². The van der Waals surface area contributed by atoms with Gasteiger partial charge in [-0.1, -0.05) is 12.1 Å². The number of anilines is 1. The van der Waals surface area contributed by atoms with Crippen LogP contribution in [0.3, 0.4) is 0 Å². The Hall–Kier alpha value is -1.88. The molecule has 0 aliphatic carbocycles. The fraction of sp³-hybridized carbons (Fsp3) is 0.286. The lowest BCUT2D eigenvalue weighted by Gasteiger charge is -2.04. The Balaban J connectivity index is 1.84. The number of benzene rings is 1. The van der Waals surface area contributed by atoms with E-state index in [1.54, 1.807) is 23.5 Å². The lowest BCUT2D eigenvalue weighted by molar-refractivity contribution is 0.0600. The molecule has 100 valence electrons. The third-order valence-corrected chi connectivity index (χ3v) is 3.56. The Morgan fingerprint density at radius 2 is 2.11 bits per heavy atom. The zero-order valence-electron chi connectivity index (χ0n) is 11.0. The van der Waals surface area contributed by atoms with Crippen LogP contribution in [0.2, 0.25) is 0 Å². The van der Waals surface area contributed by atoms with E-state index in [0.717, 1.165) is 18.1 Å². The number of esters is 1. The maximum absolute atomic E-state index is 11.3. The van der Waals surface area contributed by atoms with Crippen LogP contribution in [0.15, 0.2) is 30.5 Å². The van der Waals surface area contributed by atoms with E-state index in [1.165, 1.54) is 17.6 Å². The Kier molecular flexibility index (Phi) is 4.52. The van der Waals surface area contributed by atoms with E-state index in [9.17, 15) is 4.79 Å². The molecule has 4 nitrogen and oxygen atoms in total. The van der Waals surface area contributed by atoms with Crippen LogP contribution in [0.25, 0.3) is 0 Å². The van der Waals surface area contributed by atoms with Gasteiger partial charge in [-0.05, 0) is 31.0 Å². The second-order valence-electron chi connectivity index (χ2n) is 4.14. The van der Waals surface area contributed by atoms with E-state index in [-0.39, 0.29) is 5.97 Å². The molecule has 0 bridgehead atoms. The highest BCUT2D eigenvalue weighted by Gasteiger charge is 2.04. The number of carbonyl (C=O) groups is 1. The fourth-order valence-electron chi connectivity index (χ4n) is 1.68. The molecular formula is C14H16N2O2S. The zero-order valence-corrected chi connectivity index (χ0v) is 11.8. The molecule has 0 unspecified atom stereocenters. The van der Waals surface area contributed by atoms with E-state index in [4.69, 9.17) is 0 Å². The molecule has 1 aromatic heterocycles. The van der Waals surface area contributed by atoms with Gasteiger partial charge in [0.1, 0.15) is 0 Å². The molecule has 2 rings (SSSR count). The topological polar surface area (TPSA) is 51.2 Å². The maximum Gasteiger partial charge on any atom is 0.337 e. The molecule has 0 saturated heterocycles. The van der Waals surface area contributed by atoms with Crippen molar-refractivity contribution in [1.29, 1.82) is 0 Å². The number of ether oxygens (including phenoxy) is 1. The monoisotopic (exact) mass is 276 g/mol. The van der Waals surface area contributed by atoms with Crippen molar-refractivity contribution in [2.45, 2.75) is 13.3 Å². The molecule has 0 aliphatic rings. The summed E-state index contributed by atoms with van der Waals surface area (Å²) in [4.78, 5) is 16.7. The highest BCUT2D eigenvalue weighted by molar-refractivity contribution is 7.15. The van der Waals surface area contributed by atoms with Gasteiger partial charge in [0.05, 0.1) is 12.7 Å². The van der Waals surface area contributed by atoms with Crippen LogP contribution in [0.4, 0.5) is 5.13 Å². The number of nitrogens with one attached hydrogen (secondary N) is 1. The van der Waals surface area contributed by atoms with Gasteiger partial charge in [0.2, 0.25) is 0 Å². The molecule has 1 heterocycles. The number of aryl methyl sites for hydroxylation is 1. The first-order valence-electron chi connectivity index (χ1n) is 6.02. The predicted octanol–water partition coefficient (Wildman–Crippen LogP) is 2.89. The van der Waals surface area contributed by atoms with Crippen molar-refractivity contribution in [2.75, 3.05) is 19.0 Å². The molecule has 1 N–H and O–H groups in total. The van der Waals surface area contributed by atoms with E-state index in [0.29, 0.717) is 5.56 Å². The van der Waals surface area contributed by atoms with Gasteiger partial charge >= 0.3 is 5.97 Å². The fourth-order valence-corrected chi connectivity index (χ4v) is 2.37. The first kappa shape index (κ1) is 13.5. The second-order valence-corrected chi connectivity index (χ2v) is 5.38. The van der Waals surface area contributed by atoms with E-state index in [1.807, 2.05) is 25.3 Å². The van der Waals surface area contributed by atoms with Crippen molar-refractivity contribution in [3.63, 3.8) is 0 Å². The van der Waals surface area contributed by atoms with E-state index >= 15 is 0 Å². The second kappa shape index (κ2) is 6.33. The molecule has 0 atom stereocenters. The van der Waals surface area contributed by atoms with Crippen molar-refractivity contribution >= 4 is 22.4 Å². The SMILES string of the molecule is COC(=O)c1ccc(CCNc2ncc(C)s2)cc1. The minimum atomic E-state index is -0.303. The third-order valence-electron chi connectivity index (χ3n) is 2.69. The number of carbonyl (C=O) groups excluding carboxylic acids is 1. The normalized spacial score (nSPS) is 10.2. The van der Waals surface area contributed by atoms with Gasteiger partial charge in [0, 0.05) is 17.6 Å². The van der Waals surface area contributed by atoms with Gasteiger partial charge in [-0.2, -0.15) is 0 Å². The predicted molar refractivity (Wildman–Crippen MR) is 76.8 cm³/mol. The Labute approximate surface area is 116 Å². The number of hydrogen-bond acceptors (Lipinski definition) is 5. The van der Waals surface area contributed by atoms with Crippen molar-refractivity contribution in [1.82, 2.24) is 4.98 Å².